The lowest BCUT2D eigenvalue weighted by atomic mass is 10.1. The lowest BCUT2D eigenvalue weighted by molar-refractivity contribution is -0.179. The molecule has 6 N–H and O–H groups in total. The van der Waals surface area contributed by atoms with E-state index in [1.54, 1.807) is 20.8 Å². The Morgan fingerprint density at radius 2 is 1.90 bits per heavy atom. The van der Waals surface area contributed by atoms with Crippen LogP contribution in [0, 0.1) is 0 Å². The van der Waals surface area contributed by atoms with Gasteiger partial charge in [-0.1, -0.05) is 16.9 Å². The van der Waals surface area contributed by atoms with E-state index in [4.69, 9.17) is 21.2 Å². The van der Waals surface area contributed by atoms with Crippen molar-refractivity contribution in [1.82, 2.24) is 25.1 Å². The minimum Gasteiger partial charge on any atom is -0.479 e. The van der Waals surface area contributed by atoms with Crippen molar-refractivity contribution in [2.45, 2.75) is 62.1 Å². The van der Waals surface area contributed by atoms with Crippen LogP contribution in [0.2, 0.25) is 0 Å². The second-order valence-corrected chi connectivity index (χ2v) is 13.0. The van der Waals surface area contributed by atoms with Crippen LogP contribution >= 0.6 is 23.1 Å². The summed E-state index contributed by atoms with van der Waals surface area (Å²) in [7, 11) is 0. The number of fused-ring (bicyclic) bond motifs is 1. The molecule has 3 saturated heterocycles. The van der Waals surface area contributed by atoms with Crippen LogP contribution in [0.1, 0.15) is 40.3 Å². The molecule has 1 aromatic rings. The number of carboxylic acids is 1. The summed E-state index contributed by atoms with van der Waals surface area (Å²) in [5.74, 6) is 2.17. The van der Waals surface area contributed by atoms with E-state index in [0.29, 0.717) is 0 Å². The third-order valence-electron chi connectivity index (χ3n) is 6.17. The number of thioether (sulfide) groups is 1. The number of hydrazine groups is 1. The van der Waals surface area contributed by atoms with E-state index in [-0.39, 0.29) is 36.2 Å². The van der Waals surface area contributed by atoms with Gasteiger partial charge in [-0.25, -0.2) is 25.2 Å². The monoisotopic (exact) mass is 598 g/mol. The number of thiazole rings is 1. The average Bonchev–Trinajstić information content (AvgIpc) is 3.53. The second kappa shape index (κ2) is 10.1. The van der Waals surface area contributed by atoms with Crippen LogP contribution in [-0.4, -0.2) is 108 Å². The molecule has 0 aromatic carbocycles. The van der Waals surface area contributed by atoms with E-state index in [1.165, 1.54) is 24.1 Å². The standard InChI is InChI=1S/C22H30N8O8S2/c1-20(2,3)37-17(35)21(4,5)38-27-11(10-8-39-18(23)25-10)13(31)26-12-14(32)28-9-22(16(33)34,40-15(12)28)29-6-7-30(24)19(29)36/h8,12,15H,6-7,9,24H2,1-5H3,(H2,23,25)(H,26,31)(H,33,34)/b27-11-/t12-,15-,22-/m1/s1. The second-order valence-electron chi connectivity index (χ2n) is 10.8. The van der Waals surface area contributed by atoms with E-state index >= 15 is 0 Å². The zero-order valence-electron chi connectivity index (χ0n) is 22.4. The third-order valence-corrected chi connectivity index (χ3v) is 8.53. The van der Waals surface area contributed by atoms with Crippen molar-refractivity contribution in [2.24, 2.45) is 11.0 Å². The molecule has 0 aliphatic carbocycles. The van der Waals surface area contributed by atoms with Crippen molar-refractivity contribution in [3.8, 4) is 0 Å². The quantitative estimate of drug-likeness (QED) is 0.0732. The maximum Gasteiger partial charge on any atom is 0.353 e. The Bertz CT molecular complexity index is 1290. The minimum atomic E-state index is -1.77. The highest BCUT2D eigenvalue weighted by Crippen LogP contribution is 2.49. The SMILES string of the molecule is CC(C)(C)OC(=O)C(C)(C)O/N=C(\C(=O)N[C@@H]1C(=O)N2C[C@@](C(=O)O)(N3CCN(N)C3=O)S[C@H]12)c1csc(N)n1. The number of anilines is 1. The fourth-order valence-corrected chi connectivity index (χ4v) is 6.29. The van der Waals surface area contributed by atoms with Gasteiger partial charge in [-0.2, -0.15) is 0 Å². The van der Waals surface area contributed by atoms with Crippen LogP contribution in [0.5, 0.6) is 0 Å². The van der Waals surface area contributed by atoms with Gasteiger partial charge in [0.05, 0.1) is 13.1 Å². The highest BCUT2D eigenvalue weighted by atomic mass is 32.2. The van der Waals surface area contributed by atoms with Crippen LogP contribution < -0.4 is 16.9 Å². The van der Waals surface area contributed by atoms with Crippen LogP contribution in [0.4, 0.5) is 9.93 Å². The summed E-state index contributed by atoms with van der Waals surface area (Å²) < 4.78 is 5.35. The van der Waals surface area contributed by atoms with E-state index < -0.39 is 57.3 Å². The topological polar surface area (TPSA) is 223 Å². The molecule has 16 nitrogen and oxygen atoms in total. The fraction of sp³-hybridized carbons (Fsp3) is 0.591. The number of nitrogens with two attached hydrogens (primary N) is 2. The van der Waals surface area contributed by atoms with Crippen molar-refractivity contribution in [1.29, 1.82) is 0 Å². The van der Waals surface area contributed by atoms with Gasteiger partial charge in [0.25, 0.3) is 5.91 Å². The Balaban J connectivity index is 1.54. The number of urea groups is 1. The predicted molar refractivity (Wildman–Crippen MR) is 142 cm³/mol. The molecule has 0 spiro atoms. The zero-order chi connectivity index (χ0) is 29.8. The molecule has 0 radical (unpaired) electrons. The molecule has 4 heterocycles. The molecule has 0 unspecified atom stereocenters. The Labute approximate surface area is 236 Å². The molecule has 3 aliphatic rings. The normalized spacial score (nSPS) is 25.1. The molecule has 0 bridgehead atoms. The molecule has 3 aliphatic heterocycles. The lowest BCUT2D eigenvalue weighted by Gasteiger charge is -2.41. The maximum absolute atomic E-state index is 13.4. The summed E-state index contributed by atoms with van der Waals surface area (Å²) in [6.45, 7) is 7.79. The van der Waals surface area contributed by atoms with Gasteiger partial charge < -0.3 is 30.6 Å². The molecule has 4 amide bonds. The molecular weight excluding hydrogens is 568 g/mol. The van der Waals surface area contributed by atoms with Gasteiger partial charge in [-0.05, 0) is 34.6 Å². The zero-order valence-corrected chi connectivity index (χ0v) is 24.0. The van der Waals surface area contributed by atoms with Crippen molar-refractivity contribution < 1.29 is 38.7 Å². The number of carbonyl (C=O) groups excluding carboxylic acids is 4. The van der Waals surface area contributed by atoms with Crippen LogP contribution in [-0.2, 0) is 28.8 Å². The number of amides is 4. The lowest BCUT2D eigenvalue weighted by Crippen LogP contribution is -2.68. The third kappa shape index (κ3) is 5.25. The number of β-lactam (4-membered cyclic amide) rings is 1. The number of aromatic nitrogens is 1. The number of nitrogen functional groups attached to an aromatic ring is 1. The number of carboxylic acid groups (broad SMARTS) is 1. The van der Waals surface area contributed by atoms with Crippen LogP contribution in [0.25, 0.3) is 0 Å². The number of aliphatic carboxylic acids is 1. The molecular formula is C22H30N8O8S2. The van der Waals surface area contributed by atoms with Gasteiger partial charge in [0.2, 0.25) is 16.4 Å². The Kier molecular flexibility index (Phi) is 7.39. The van der Waals surface area contributed by atoms with Gasteiger partial charge in [0, 0.05) is 11.9 Å². The molecule has 18 heteroatoms. The fourth-order valence-electron chi connectivity index (χ4n) is 4.10. The van der Waals surface area contributed by atoms with Gasteiger partial charge in [-0.3, -0.25) is 19.5 Å². The Morgan fingerprint density at radius 3 is 2.42 bits per heavy atom. The molecule has 4 rings (SSSR count). The molecule has 1 aromatic heterocycles. The summed E-state index contributed by atoms with van der Waals surface area (Å²) in [6, 6.07) is -1.81. The summed E-state index contributed by atoms with van der Waals surface area (Å²) >= 11 is 1.89. The van der Waals surface area contributed by atoms with Gasteiger partial charge in [0.15, 0.2) is 10.8 Å². The molecule has 3 atom stereocenters. The largest absolute Gasteiger partial charge is 0.479 e. The first kappa shape index (κ1) is 29.3. The van der Waals surface area contributed by atoms with Crippen molar-refractivity contribution in [2.75, 3.05) is 25.4 Å². The number of nitrogens with one attached hydrogen (secondary N) is 1. The first-order chi connectivity index (χ1) is 18.5. The van der Waals surface area contributed by atoms with E-state index in [2.05, 4.69) is 15.5 Å². The van der Waals surface area contributed by atoms with Crippen molar-refractivity contribution >= 4 is 63.7 Å². The van der Waals surface area contributed by atoms with Gasteiger partial charge in [0.1, 0.15) is 22.7 Å². The molecule has 0 saturated carbocycles. The number of nitrogens with zero attached hydrogens (tertiary/aromatic N) is 5. The number of carbonyl (C=O) groups is 5. The summed E-state index contributed by atoms with van der Waals surface area (Å²) in [6.07, 6.45) is 0. The predicted octanol–water partition coefficient (Wildman–Crippen LogP) is -0.642. The summed E-state index contributed by atoms with van der Waals surface area (Å²) in [5, 5.41) is 18.2. The number of hydrogen-bond acceptors (Lipinski definition) is 13. The van der Waals surface area contributed by atoms with E-state index in [9.17, 15) is 29.1 Å². The van der Waals surface area contributed by atoms with Crippen LogP contribution in [0.15, 0.2) is 10.5 Å². The molecule has 218 valence electrons. The van der Waals surface area contributed by atoms with E-state index in [1.807, 2.05) is 0 Å². The number of ether oxygens (including phenoxy) is 1. The Hall–Kier alpha value is -3.64. The van der Waals surface area contributed by atoms with Crippen molar-refractivity contribution in [3.63, 3.8) is 0 Å². The average molecular weight is 599 g/mol. The highest BCUT2D eigenvalue weighted by molar-refractivity contribution is 8.02. The number of oxime groups is 1. The first-order valence-electron chi connectivity index (χ1n) is 12.0. The van der Waals surface area contributed by atoms with Gasteiger partial charge in [-0.15, -0.1) is 11.3 Å². The number of esters is 1. The maximum atomic E-state index is 13.4. The summed E-state index contributed by atoms with van der Waals surface area (Å²) in [4.78, 5) is 73.8. The van der Waals surface area contributed by atoms with E-state index in [0.717, 1.165) is 33.0 Å². The van der Waals surface area contributed by atoms with Gasteiger partial charge >= 0.3 is 18.0 Å². The minimum absolute atomic E-state index is 0.0354. The highest BCUT2D eigenvalue weighted by Gasteiger charge is 2.66. The summed E-state index contributed by atoms with van der Waals surface area (Å²) in [5.41, 5.74) is 3.01. The molecule has 40 heavy (non-hydrogen) atoms. The Morgan fingerprint density at radius 1 is 1.23 bits per heavy atom. The van der Waals surface area contributed by atoms with Crippen molar-refractivity contribution in [3.05, 3.63) is 11.1 Å². The number of rotatable bonds is 8. The number of hydrogen-bond donors (Lipinski definition) is 4. The first-order valence-corrected chi connectivity index (χ1v) is 13.8. The smallest absolute Gasteiger partial charge is 0.353 e. The molecule has 3 fully saturated rings. The van der Waals surface area contributed by atoms with Crippen LogP contribution in [0.3, 0.4) is 0 Å².